The molecule has 0 saturated carbocycles. The second-order valence-electron chi connectivity index (χ2n) is 5.50. The summed E-state index contributed by atoms with van der Waals surface area (Å²) in [5, 5.41) is 18.9. The smallest absolute Gasteiger partial charge is 0.327 e. The number of rotatable bonds is 7. The van der Waals surface area contributed by atoms with Gasteiger partial charge in [0.05, 0.1) is 29.1 Å². The van der Waals surface area contributed by atoms with Crippen LogP contribution >= 0.6 is 0 Å². The van der Waals surface area contributed by atoms with Gasteiger partial charge in [-0.2, -0.15) is 10.2 Å². The van der Waals surface area contributed by atoms with Crippen LogP contribution < -0.4 is 10.2 Å². The molecular formula is C17H16N6O5. The van der Waals surface area contributed by atoms with Crippen molar-refractivity contribution in [3.8, 4) is 11.6 Å². The zero-order chi connectivity index (χ0) is 20.1. The Morgan fingerprint density at radius 3 is 2.86 bits per heavy atom. The van der Waals surface area contributed by atoms with Gasteiger partial charge in [0.25, 0.3) is 11.6 Å². The first-order chi connectivity index (χ1) is 13.5. The van der Waals surface area contributed by atoms with Gasteiger partial charge in [-0.15, -0.1) is 0 Å². The van der Waals surface area contributed by atoms with E-state index in [0.717, 1.165) is 0 Å². The van der Waals surface area contributed by atoms with E-state index in [1.165, 1.54) is 24.5 Å². The lowest BCUT2D eigenvalue weighted by molar-refractivity contribution is -0.384. The number of oxazole rings is 1. The van der Waals surface area contributed by atoms with Crippen LogP contribution in [0.25, 0.3) is 5.69 Å². The zero-order valence-corrected chi connectivity index (χ0v) is 15.0. The second-order valence-corrected chi connectivity index (χ2v) is 5.50. The molecule has 0 aliphatic rings. The Balaban J connectivity index is 1.67. The van der Waals surface area contributed by atoms with Crippen molar-refractivity contribution in [1.82, 2.24) is 20.2 Å². The van der Waals surface area contributed by atoms with E-state index in [0.29, 0.717) is 23.6 Å². The number of nitrogens with one attached hydrogen (secondary N) is 1. The van der Waals surface area contributed by atoms with Crippen LogP contribution in [0.3, 0.4) is 0 Å². The molecule has 0 unspecified atom stereocenters. The number of carbonyl (C=O) groups is 1. The number of carbonyl (C=O) groups excluding carboxylic acids is 1. The van der Waals surface area contributed by atoms with Crippen LogP contribution in [0.2, 0.25) is 0 Å². The third-order valence-corrected chi connectivity index (χ3v) is 3.60. The Labute approximate surface area is 158 Å². The van der Waals surface area contributed by atoms with Crippen molar-refractivity contribution in [3.63, 3.8) is 0 Å². The largest absolute Gasteiger partial charge is 0.464 e. The van der Waals surface area contributed by atoms with E-state index >= 15 is 0 Å². The van der Waals surface area contributed by atoms with E-state index in [9.17, 15) is 14.9 Å². The minimum atomic E-state index is -0.623. The van der Waals surface area contributed by atoms with Crippen molar-refractivity contribution >= 4 is 17.8 Å². The van der Waals surface area contributed by atoms with E-state index in [1.807, 2.05) is 0 Å². The maximum atomic E-state index is 11.9. The minimum Gasteiger partial charge on any atom is -0.464 e. The van der Waals surface area contributed by atoms with E-state index in [-0.39, 0.29) is 17.5 Å². The number of ether oxygens (including phenoxy) is 1. The maximum absolute atomic E-state index is 11.9. The third-order valence-electron chi connectivity index (χ3n) is 3.60. The number of hydrazone groups is 1. The number of nitro benzene ring substituents is 1. The van der Waals surface area contributed by atoms with Crippen LogP contribution in [0.1, 0.15) is 28.9 Å². The number of nitrogens with zero attached hydrogens (tertiary/aromatic N) is 5. The molecule has 11 nitrogen and oxygen atoms in total. The number of aromatic nitrogens is 3. The zero-order valence-electron chi connectivity index (χ0n) is 15.0. The fraction of sp³-hybridized carbons (Fsp3) is 0.176. The van der Waals surface area contributed by atoms with Crippen molar-refractivity contribution in [2.75, 3.05) is 6.61 Å². The number of aryl methyl sites for hydroxylation is 1. The van der Waals surface area contributed by atoms with E-state index in [2.05, 4.69) is 20.6 Å². The Morgan fingerprint density at radius 2 is 2.18 bits per heavy atom. The predicted octanol–water partition coefficient (Wildman–Crippen LogP) is 2.24. The molecule has 3 aromatic rings. The molecule has 3 rings (SSSR count). The Hall–Kier alpha value is -4.02. The highest BCUT2D eigenvalue weighted by Gasteiger charge is 2.13. The average molecular weight is 384 g/mol. The monoisotopic (exact) mass is 384 g/mol. The van der Waals surface area contributed by atoms with Crippen LogP contribution in [-0.4, -0.2) is 38.4 Å². The molecule has 0 atom stereocenters. The number of hydrogen-bond donors (Lipinski definition) is 1. The molecule has 0 aliphatic heterocycles. The van der Waals surface area contributed by atoms with Crippen molar-refractivity contribution in [3.05, 3.63) is 63.9 Å². The van der Waals surface area contributed by atoms with Gasteiger partial charge in [-0.1, -0.05) is 0 Å². The highest BCUT2D eigenvalue weighted by Crippen LogP contribution is 2.16. The normalized spacial score (nSPS) is 10.9. The lowest BCUT2D eigenvalue weighted by Gasteiger charge is -1.99. The summed E-state index contributed by atoms with van der Waals surface area (Å²) < 4.78 is 11.8. The first-order valence-electron chi connectivity index (χ1n) is 8.21. The number of nitro groups is 1. The van der Waals surface area contributed by atoms with E-state index in [4.69, 9.17) is 9.15 Å². The molecule has 0 saturated heterocycles. The highest BCUT2D eigenvalue weighted by molar-refractivity contribution is 5.90. The van der Waals surface area contributed by atoms with Crippen LogP contribution in [0, 0.1) is 17.0 Å². The first-order valence-corrected chi connectivity index (χ1v) is 8.21. The summed E-state index contributed by atoms with van der Waals surface area (Å²) in [6.07, 6.45) is 4.42. The second kappa shape index (κ2) is 8.12. The summed E-state index contributed by atoms with van der Waals surface area (Å²) in [6, 6.07) is 5.97. The summed E-state index contributed by atoms with van der Waals surface area (Å²) in [4.78, 5) is 26.0. The van der Waals surface area contributed by atoms with Crippen LogP contribution in [-0.2, 0) is 0 Å². The quantitative estimate of drug-likeness (QED) is 0.374. The molecular weight excluding hydrogens is 368 g/mol. The lowest BCUT2D eigenvalue weighted by Crippen LogP contribution is -2.17. The maximum Gasteiger partial charge on any atom is 0.327 e. The number of amides is 1. The number of hydrogen-bond acceptors (Lipinski definition) is 8. The van der Waals surface area contributed by atoms with Crippen LogP contribution in [0.15, 0.2) is 46.2 Å². The molecule has 0 fully saturated rings. The SMILES string of the molecule is CCOc1cnc(C(=O)NN=Cc2cn(-c3ccc([N+](=O)[O-])cc3)nc2C)o1. The molecule has 2 aromatic heterocycles. The van der Waals surface area contributed by atoms with Gasteiger partial charge >= 0.3 is 11.9 Å². The Kier molecular flexibility index (Phi) is 5.44. The predicted molar refractivity (Wildman–Crippen MR) is 97.7 cm³/mol. The number of non-ortho nitro benzene ring substituents is 1. The standard InChI is InChI=1S/C17H16N6O5/c1-3-27-15-9-18-17(28-15)16(24)20-19-8-12-10-22(21-11(12)2)13-4-6-14(7-5-13)23(25)26/h4-10H,3H2,1-2H3,(H,20,24). The van der Waals surface area contributed by atoms with Gasteiger partial charge in [0, 0.05) is 23.9 Å². The minimum absolute atomic E-state index is 0.00356. The molecule has 0 bridgehead atoms. The van der Waals surface area contributed by atoms with Crippen molar-refractivity contribution in [2.24, 2.45) is 5.10 Å². The van der Waals surface area contributed by atoms with Crippen LogP contribution in [0.5, 0.6) is 5.95 Å². The molecule has 144 valence electrons. The van der Waals surface area contributed by atoms with E-state index < -0.39 is 10.8 Å². The Bertz CT molecular complexity index is 1020. The number of benzene rings is 1. The summed E-state index contributed by atoms with van der Waals surface area (Å²) in [5.74, 6) is -0.640. The van der Waals surface area contributed by atoms with Crippen molar-refractivity contribution in [1.29, 1.82) is 0 Å². The molecule has 2 heterocycles. The van der Waals surface area contributed by atoms with E-state index in [1.54, 1.807) is 36.9 Å². The molecule has 1 N–H and O–H groups in total. The van der Waals surface area contributed by atoms with Gasteiger partial charge in [0.1, 0.15) is 6.20 Å². The fourth-order valence-corrected chi connectivity index (χ4v) is 2.24. The van der Waals surface area contributed by atoms with Crippen molar-refractivity contribution in [2.45, 2.75) is 13.8 Å². The highest BCUT2D eigenvalue weighted by atomic mass is 16.6. The fourth-order valence-electron chi connectivity index (χ4n) is 2.24. The molecule has 28 heavy (non-hydrogen) atoms. The molecule has 0 spiro atoms. The summed E-state index contributed by atoms with van der Waals surface area (Å²) >= 11 is 0. The average Bonchev–Trinajstić information content (AvgIpc) is 3.29. The summed E-state index contributed by atoms with van der Waals surface area (Å²) in [5.41, 5.74) is 4.27. The molecule has 0 radical (unpaired) electrons. The van der Waals surface area contributed by atoms with Gasteiger partial charge in [-0.25, -0.2) is 15.1 Å². The van der Waals surface area contributed by atoms with Gasteiger partial charge in [0.2, 0.25) is 0 Å². The lowest BCUT2D eigenvalue weighted by atomic mass is 10.3. The van der Waals surface area contributed by atoms with Gasteiger partial charge in [-0.3, -0.25) is 14.9 Å². The molecule has 1 amide bonds. The van der Waals surface area contributed by atoms with Crippen molar-refractivity contribution < 1.29 is 18.9 Å². The first kappa shape index (κ1) is 18.8. The van der Waals surface area contributed by atoms with Gasteiger partial charge in [0.15, 0.2) is 0 Å². The third kappa shape index (κ3) is 4.20. The summed E-state index contributed by atoms with van der Waals surface area (Å²) in [7, 11) is 0. The topological polar surface area (TPSA) is 138 Å². The molecule has 0 aliphatic carbocycles. The van der Waals surface area contributed by atoms with Gasteiger partial charge < -0.3 is 9.15 Å². The summed E-state index contributed by atoms with van der Waals surface area (Å²) in [6.45, 7) is 3.95. The molecule has 11 heteroatoms. The van der Waals surface area contributed by atoms with Crippen LogP contribution in [0.4, 0.5) is 5.69 Å². The van der Waals surface area contributed by atoms with Gasteiger partial charge in [-0.05, 0) is 26.0 Å². The Morgan fingerprint density at radius 1 is 1.43 bits per heavy atom. The molecule has 1 aromatic carbocycles.